The van der Waals surface area contributed by atoms with Crippen LogP contribution >= 0.6 is 0 Å². The summed E-state index contributed by atoms with van der Waals surface area (Å²) in [7, 11) is 0. The van der Waals surface area contributed by atoms with Gasteiger partial charge < -0.3 is 4.74 Å². The predicted molar refractivity (Wildman–Crippen MR) is 271 cm³/mol. The van der Waals surface area contributed by atoms with E-state index in [-0.39, 0.29) is 5.97 Å². The molecule has 0 aliphatic carbocycles. The Morgan fingerprint density at radius 3 is 0.933 bits per heavy atom. The summed E-state index contributed by atoms with van der Waals surface area (Å²) < 4.78 is 5.50. The Hall–Kier alpha value is -0.790. The lowest BCUT2D eigenvalue weighted by molar-refractivity contribution is -0.143. The van der Waals surface area contributed by atoms with E-state index < -0.39 is 0 Å². The van der Waals surface area contributed by atoms with E-state index in [4.69, 9.17) is 4.74 Å². The summed E-state index contributed by atoms with van der Waals surface area (Å²) in [6.45, 7) is 7.65. The molecule has 358 valence electrons. The summed E-state index contributed by atoms with van der Waals surface area (Å²) in [5.74, 6) is 0.967. The number of allylic oxidation sites excluding steroid dienone is 2. The predicted octanol–water partition coefficient (Wildman–Crippen LogP) is 21.3. The van der Waals surface area contributed by atoms with Crippen LogP contribution in [0.15, 0.2) is 12.2 Å². The monoisotopic (exact) mass is 843 g/mol. The van der Waals surface area contributed by atoms with Crippen LogP contribution in [0.25, 0.3) is 0 Å². The molecule has 60 heavy (non-hydrogen) atoms. The highest BCUT2D eigenvalue weighted by molar-refractivity contribution is 5.69. The molecule has 0 aliphatic rings. The molecule has 2 nitrogen and oxygen atoms in total. The zero-order valence-electron chi connectivity index (χ0n) is 42.1. The van der Waals surface area contributed by atoms with Crippen LogP contribution in [0.4, 0.5) is 0 Å². The van der Waals surface area contributed by atoms with Crippen molar-refractivity contribution in [3.8, 4) is 0 Å². The Morgan fingerprint density at radius 2 is 0.617 bits per heavy atom. The second kappa shape index (κ2) is 54.3. The SMILES string of the molecule is CCCCCCCCC=CCCCCCCCCCC(=O)OCCCCCCCCCCCCCCCCCCCCCCCCCCCCCCCCCCC(C)CC. The third-order valence-electron chi connectivity index (χ3n) is 13.7. The Balaban J connectivity index is 3.15. The van der Waals surface area contributed by atoms with Gasteiger partial charge in [-0.05, 0) is 44.4 Å². The lowest BCUT2D eigenvalue weighted by Crippen LogP contribution is -2.05. The molecule has 2 heteroatoms. The zero-order chi connectivity index (χ0) is 43.3. The number of hydrogen-bond donors (Lipinski definition) is 0. The minimum Gasteiger partial charge on any atom is -0.466 e. The van der Waals surface area contributed by atoms with Crippen LogP contribution in [0.2, 0.25) is 0 Å². The van der Waals surface area contributed by atoms with Gasteiger partial charge in [-0.2, -0.15) is 0 Å². The van der Waals surface area contributed by atoms with Crippen molar-refractivity contribution in [3.63, 3.8) is 0 Å². The van der Waals surface area contributed by atoms with E-state index in [0.717, 1.165) is 18.8 Å². The Kier molecular flexibility index (Phi) is 53.6. The number of carbonyl (C=O) groups excluding carboxylic acids is 1. The highest BCUT2D eigenvalue weighted by Gasteiger charge is 2.03. The molecule has 0 aromatic heterocycles. The molecule has 0 saturated carbocycles. The first-order valence-electron chi connectivity index (χ1n) is 28.5. The van der Waals surface area contributed by atoms with Crippen LogP contribution in [0, 0.1) is 5.92 Å². The maximum Gasteiger partial charge on any atom is 0.305 e. The van der Waals surface area contributed by atoms with Crippen molar-refractivity contribution in [1.82, 2.24) is 0 Å². The van der Waals surface area contributed by atoms with Crippen molar-refractivity contribution >= 4 is 5.97 Å². The maximum atomic E-state index is 12.1. The standard InChI is InChI=1S/C58H114O2/c1-4-6-7-8-9-10-11-12-13-30-34-37-40-43-46-49-52-55-58(59)60-56-53-50-47-44-41-38-35-32-29-27-25-23-21-19-17-15-14-16-18-20-22-24-26-28-31-33-36-39-42-45-48-51-54-57(3)5-2/h12-13,57H,4-11,14-56H2,1-3H3. The Morgan fingerprint density at radius 1 is 0.350 bits per heavy atom. The summed E-state index contributed by atoms with van der Waals surface area (Å²) in [4.78, 5) is 12.1. The van der Waals surface area contributed by atoms with Crippen molar-refractivity contribution < 1.29 is 9.53 Å². The molecule has 0 bridgehead atoms. The van der Waals surface area contributed by atoms with Crippen molar-refractivity contribution in [3.05, 3.63) is 12.2 Å². The molecule has 0 N–H and O–H groups in total. The van der Waals surface area contributed by atoms with E-state index in [2.05, 4.69) is 32.9 Å². The molecule has 0 aliphatic heterocycles. The minimum atomic E-state index is 0.0267. The highest BCUT2D eigenvalue weighted by atomic mass is 16.5. The first kappa shape index (κ1) is 59.2. The Bertz CT molecular complexity index is 803. The molecule has 0 amide bonds. The number of rotatable bonds is 53. The van der Waals surface area contributed by atoms with Gasteiger partial charge in [0.1, 0.15) is 0 Å². The van der Waals surface area contributed by atoms with Crippen molar-refractivity contribution in [1.29, 1.82) is 0 Å². The molecule has 1 unspecified atom stereocenters. The van der Waals surface area contributed by atoms with Gasteiger partial charge in [-0.1, -0.05) is 309 Å². The van der Waals surface area contributed by atoms with Gasteiger partial charge in [-0.3, -0.25) is 4.79 Å². The molecule has 0 rings (SSSR count). The van der Waals surface area contributed by atoms with Crippen molar-refractivity contribution in [2.75, 3.05) is 6.61 Å². The smallest absolute Gasteiger partial charge is 0.305 e. The third kappa shape index (κ3) is 53.3. The van der Waals surface area contributed by atoms with Gasteiger partial charge in [0.25, 0.3) is 0 Å². The van der Waals surface area contributed by atoms with E-state index in [0.29, 0.717) is 13.0 Å². The molecule has 0 aromatic rings. The van der Waals surface area contributed by atoms with E-state index in [1.54, 1.807) is 0 Å². The number of unbranched alkanes of at least 4 members (excludes halogenated alkanes) is 44. The van der Waals surface area contributed by atoms with Gasteiger partial charge in [0, 0.05) is 6.42 Å². The first-order chi connectivity index (χ1) is 29.7. The fraction of sp³-hybridized carbons (Fsp3) is 0.948. The van der Waals surface area contributed by atoms with E-state index in [9.17, 15) is 4.79 Å². The lowest BCUT2D eigenvalue weighted by atomic mass is 9.99. The molecular formula is C58H114O2. The van der Waals surface area contributed by atoms with Crippen LogP contribution in [0.5, 0.6) is 0 Å². The number of esters is 1. The average molecular weight is 844 g/mol. The van der Waals surface area contributed by atoms with E-state index >= 15 is 0 Å². The summed E-state index contributed by atoms with van der Waals surface area (Å²) in [6.07, 6.45) is 73.8. The van der Waals surface area contributed by atoms with Crippen LogP contribution in [-0.2, 0) is 9.53 Å². The summed E-state index contributed by atoms with van der Waals surface area (Å²) in [5.41, 5.74) is 0. The van der Waals surface area contributed by atoms with Crippen LogP contribution in [0.3, 0.4) is 0 Å². The van der Waals surface area contributed by atoms with Gasteiger partial charge in [-0.25, -0.2) is 0 Å². The molecule has 0 saturated heterocycles. The van der Waals surface area contributed by atoms with E-state index in [1.807, 2.05) is 0 Å². The molecule has 0 spiro atoms. The highest BCUT2D eigenvalue weighted by Crippen LogP contribution is 2.19. The number of ether oxygens (including phenoxy) is 1. The Labute approximate surface area is 380 Å². The van der Waals surface area contributed by atoms with Crippen LogP contribution in [-0.4, -0.2) is 12.6 Å². The lowest BCUT2D eigenvalue weighted by Gasteiger charge is -2.07. The van der Waals surface area contributed by atoms with Crippen molar-refractivity contribution in [2.24, 2.45) is 5.92 Å². The normalized spacial score (nSPS) is 12.2. The molecule has 0 heterocycles. The summed E-state index contributed by atoms with van der Waals surface area (Å²) in [6, 6.07) is 0. The van der Waals surface area contributed by atoms with Gasteiger partial charge in [-0.15, -0.1) is 0 Å². The molecule has 0 fully saturated rings. The molecule has 1 atom stereocenters. The third-order valence-corrected chi connectivity index (χ3v) is 13.7. The van der Waals surface area contributed by atoms with Crippen LogP contribution in [0.1, 0.15) is 342 Å². The van der Waals surface area contributed by atoms with Gasteiger partial charge in [0.05, 0.1) is 6.61 Å². The van der Waals surface area contributed by atoms with Gasteiger partial charge >= 0.3 is 5.97 Å². The largest absolute Gasteiger partial charge is 0.466 e. The average Bonchev–Trinajstić information content (AvgIpc) is 3.25. The second-order valence-electron chi connectivity index (χ2n) is 19.9. The quantitative estimate of drug-likeness (QED) is 0.0346. The fourth-order valence-electron chi connectivity index (χ4n) is 9.05. The van der Waals surface area contributed by atoms with Gasteiger partial charge in [0.2, 0.25) is 0 Å². The number of carbonyl (C=O) groups is 1. The van der Waals surface area contributed by atoms with Crippen molar-refractivity contribution in [2.45, 2.75) is 342 Å². The van der Waals surface area contributed by atoms with Gasteiger partial charge in [0.15, 0.2) is 0 Å². The summed E-state index contributed by atoms with van der Waals surface area (Å²) >= 11 is 0. The summed E-state index contributed by atoms with van der Waals surface area (Å²) in [5, 5.41) is 0. The van der Waals surface area contributed by atoms with E-state index in [1.165, 1.54) is 302 Å². The van der Waals surface area contributed by atoms with Crippen LogP contribution < -0.4 is 0 Å². The fourth-order valence-corrected chi connectivity index (χ4v) is 9.05. The number of hydrogen-bond acceptors (Lipinski definition) is 2. The first-order valence-corrected chi connectivity index (χ1v) is 28.5. The second-order valence-corrected chi connectivity index (χ2v) is 19.9. The molecule has 0 radical (unpaired) electrons. The maximum absolute atomic E-state index is 12.1. The topological polar surface area (TPSA) is 26.3 Å². The molecule has 0 aromatic carbocycles. The minimum absolute atomic E-state index is 0.0267. The molecular weight excluding hydrogens is 729 g/mol. The zero-order valence-corrected chi connectivity index (χ0v) is 42.1.